The van der Waals surface area contributed by atoms with Crippen molar-refractivity contribution in [2.45, 2.75) is 75.0 Å². The lowest BCUT2D eigenvalue weighted by molar-refractivity contribution is -0.154. The quantitative estimate of drug-likeness (QED) is 0.438. The Balaban J connectivity index is 1.90. The summed E-state index contributed by atoms with van der Waals surface area (Å²) < 4.78 is 4.67. The smallest absolute Gasteiger partial charge is 0.310 e. The predicted octanol–water partition coefficient (Wildman–Crippen LogP) is 1.33. The van der Waals surface area contributed by atoms with Crippen molar-refractivity contribution in [3.05, 3.63) is 0 Å². The van der Waals surface area contributed by atoms with Crippen molar-refractivity contribution in [3.63, 3.8) is 0 Å². The number of fused-ring (bicyclic) bond motifs is 1. The Labute approximate surface area is 170 Å². The third-order valence-electron chi connectivity index (χ3n) is 6.36. The molecule has 0 radical (unpaired) electrons. The van der Waals surface area contributed by atoms with Crippen LogP contribution in [0.5, 0.6) is 0 Å². The molecule has 2 amide bonds. The van der Waals surface area contributed by atoms with Gasteiger partial charge in [-0.2, -0.15) is 0 Å². The summed E-state index contributed by atoms with van der Waals surface area (Å²) in [6.45, 7) is 6.26. The Bertz CT molecular complexity index is 630. The Kier molecular flexibility index (Phi) is 6.59. The first-order valence-corrected chi connectivity index (χ1v) is 11.4. The van der Waals surface area contributed by atoms with Gasteiger partial charge in [0, 0.05) is 11.8 Å². The molecule has 6 atom stereocenters. The van der Waals surface area contributed by atoms with Crippen LogP contribution < -0.4 is 5.32 Å². The van der Waals surface area contributed by atoms with Crippen LogP contribution in [0.3, 0.4) is 0 Å². The average molecular weight is 413 g/mol. The van der Waals surface area contributed by atoms with Gasteiger partial charge in [-0.05, 0) is 33.1 Å². The summed E-state index contributed by atoms with van der Waals surface area (Å²) in [6, 6.07) is -1.12. The van der Waals surface area contributed by atoms with E-state index in [-0.39, 0.29) is 36.2 Å². The molecule has 3 fully saturated rings. The number of unbranched alkanes of at least 4 members (excludes halogenated alkanes) is 2. The van der Waals surface area contributed by atoms with Crippen molar-refractivity contribution in [2.75, 3.05) is 19.8 Å². The van der Waals surface area contributed by atoms with Gasteiger partial charge in [-0.25, -0.2) is 0 Å². The van der Waals surface area contributed by atoms with Crippen molar-refractivity contribution < 1.29 is 24.2 Å². The molecule has 7 nitrogen and oxygen atoms in total. The maximum Gasteiger partial charge on any atom is 0.310 e. The normalized spacial score (nSPS) is 34.4. The lowest BCUT2D eigenvalue weighted by Crippen LogP contribution is -2.56. The molecule has 2 unspecified atom stereocenters. The van der Waals surface area contributed by atoms with Crippen molar-refractivity contribution in [1.82, 2.24) is 10.2 Å². The topological polar surface area (TPSA) is 95.9 Å². The highest BCUT2D eigenvalue weighted by Crippen LogP contribution is 2.66. The van der Waals surface area contributed by atoms with Gasteiger partial charge in [0.1, 0.15) is 6.04 Å². The number of amides is 2. The summed E-state index contributed by atoms with van der Waals surface area (Å²) in [6.07, 6.45) is 4.54. The van der Waals surface area contributed by atoms with Crippen LogP contribution in [0.4, 0.5) is 0 Å². The number of hydrogen-bond acceptors (Lipinski definition) is 6. The number of carbonyl (C=O) groups excluding carboxylic acids is 3. The number of aliphatic hydroxyl groups excluding tert-OH is 1. The third-order valence-corrected chi connectivity index (χ3v) is 8.32. The van der Waals surface area contributed by atoms with Gasteiger partial charge in [0.25, 0.3) is 0 Å². The zero-order valence-electron chi connectivity index (χ0n) is 17.0. The number of nitrogens with zero attached hydrogens (tertiary/aromatic N) is 1. The summed E-state index contributed by atoms with van der Waals surface area (Å²) in [7, 11) is 0. The van der Waals surface area contributed by atoms with Gasteiger partial charge in [-0.3, -0.25) is 14.4 Å². The third kappa shape index (κ3) is 3.32. The fourth-order valence-corrected chi connectivity index (χ4v) is 7.34. The van der Waals surface area contributed by atoms with Crippen LogP contribution in [0, 0.1) is 11.8 Å². The molecule has 0 aromatic carbocycles. The number of ether oxygens (including phenoxy) is 1. The fourth-order valence-electron chi connectivity index (χ4n) is 5.14. The molecule has 2 bridgehead atoms. The van der Waals surface area contributed by atoms with E-state index in [1.54, 1.807) is 30.5 Å². The van der Waals surface area contributed by atoms with E-state index in [1.165, 1.54) is 0 Å². The number of thioether (sulfide) groups is 1. The summed E-state index contributed by atoms with van der Waals surface area (Å²) in [5.41, 5.74) is 0. The molecule has 28 heavy (non-hydrogen) atoms. The highest BCUT2D eigenvalue weighted by atomic mass is 32.2. The second-order valence-corrected chi connectivity index (χ2v) is 9.68. The van der Waals surface area contributed by atoms with Crippen LogP contribution >= 0.6 is 11.8 Å². The molecule has 0 aromatic heterocycles. The first-order chi connectivity index (χ1) is 13.4. The number of likely N-dealkylation sites (tertiary alicyclic amines) is 1. The monoisotopic (exact) mass is 412 g/mol. The average Bonchev–Trinajstić information content (AvgIpc) is 3.32. The maximum absolute atomic E-state index is 13.4. The number of carbonyl (C=O) groups is 3. The van der Waals surface area contributed by atoms with E-state index in [0.717, 1.165) is 32.1 Å². The fraction of sp³-hybridized carbons (Fsp3) is 0.850. The van der Waals surface area contributed by atoms with Crippen molar-refractivity contribution >= 4 is 29.5 Å². The van der Waals surface area contributed by atoms with E-state index in [0.29, 0.717) is 6.54 Å². The standard InChI is InChI=1S/C20H32N2O5S/c1-4-6-7-10-21-17(24)16-20-9-8-13(28-20)14(19(26)27-5-2)15(20)18(25)22(16)12(3)11-23/h12-16,23H,4-11H2,1-3H3,(H,21,24)/t12-,13+,14-,15+,16?,20?/m1/s1. The number of nitrogens with one attached hydrogen (secondary N) is 1. The van der Waals surface area contributed by atoms with E-state index >= 15 is 0 Å². The summed E-state index contributed by atoms with van der Waals surface area (Å²) in [4.78, 5) is 40.8. The van der Waals surface area contributed by atoms with E-state index < -0.39 is 28.7 Å². The molecule has 3 saturated heterocycles. The van der Waals surface area contributed by atoms with Gasteiger partial charge < -0.3 is 20.1 Å². The molecule has 3 aliphatic rings. The molecular formula is C20H32N2O5S. The van der Waals surface area contributed by atoms with E-state index in [2.05, 4.69) is 12.2 Å². The number of rotatable bonds is 9. The Morgan fingerprint density at radius 2 is 2.14 bits per heavy atom. The molecule has 2 N–H and O–H groups in total. The molecule has 3 rings (SSSR count). The highest BCUT2D eigenvalue weighted by molar-refractivity contribution is 8.02. The SMILES string of the molecule is CCCCCNC(=O)C1N([C@H](C)CO)C(=O)[C@@H]2[C@H](C(=O)OCC)[C@@H]3CCC12S3. The number of hydrogen-bond donors (Lipinski definition) is 2. The first kappa shape index (κ1) is 21.4. The van der Waals surface area contributed by atoms with Crippen molar-refractivity contribution in [2.24, 2.45) is 11.8 Å². The van der Waals surface area contributed by atoms with Crippen LogP contribution in [0.25, 0.3) is 0 Å². The lowest BCUT2D eigenvalue weighted by atomic mass is 9.71. The first-order valence-electron chi connectivity index (χ1n) is 10.5. The van der Waals surface area contributed by atoms with Crippen LogP contribution in [0.15, 0.2) is 0 Å². The van der Waals surface area contributed by atoms with E-state index in [9.17, 15) is 19.5 Å². The van der Waals surface area contributed by atoms with Crippen molar-refractivity contribution in [1.29, 1.82) is 0 Å². The van der Waals surface area contributed by atoms with Crippen molar-refractivity contribution in [3.8, 4) is 0 Å². The number of esters is 1. The zero-order valence-corrected chi connectivity index (χ0v) is 17.8. The maximum atomic E-state index is 13.4. The molecule has 8 heteroatoms. The van der Waals surface area contributed by atoms with Gasteiger partial charge in [-0.1, -0.05) is 19.8 Å². The van der Waals surface area contributed by atoms with Gasteiger partial charge in [0.05, 0.1) is 35.8 Å². The molecule has 158 valence electrons. The van der Waals surface area contributed by atoms with Crippen LogP contribution in [-0.4, -0.2) is 69.6 Å². The summed E-state index contributed by atoms with van der Waals surface area (Å²) in [5, 5.41) is 12.8. The zero-order chi connectivity index (χ0) is 20.5. The Morgan fingerprint density at radius 1 is 1.39 bits per heavy atom. The second kappa shape index (κ2) is 8.61. The van der Waals surface area contributed by atoms with Gasteiger partial charge in [0.15, 0.2) is 0 Å². The molecule has 3 heterocycles. The highest BCUT2D eigenvalue weighted by Gasteiger charge is 2.74. The van der Waals surface area contributed by atoms with Gasteiger partial charge in [-0.15, -0.1) is 11.8 Å². The number of aliphatic hydroxyl groups is 1. The van der Waals surface area contributed by atoms with E-state index in [1.807, 2.05) is 0 Å². The molecule has 0 saturated carbocycles. The van der Waals surface area contributed by atoms with E-state index in [4.69, 9.17) is 4.74 Å². The predicted molar refractivity (Wildman–Crippen MR) is 107 cm³/mol. The van der Waals surface area contributed by atoms with Gasteiger partial charge in [0.2, 0.25) is 11.8 Å². The van der Waals surface area contributed by atoms with Crippen LogP contribution in [-0.2, 0) is 19.1 Å². The molecular weight excluding hydrogens is 380 g/mol. The minimum atomic E-state index is -0.650. The minimum Gasteiger partial charge on any atom is -0.466 e. The largest absolute Gasteiger partial charge is 0.466 e. The van der Waals surface area contributed by atoms with Crippen LogP contribution in [0.1, 0.15) is 52.9 Å². The molecule has 3 aliphatic heterocycles. The Hall–Kier alpha value is -1.28. The Morgan fingerprint density at radius 3 is 2.79 bits per heavy atom. The summed E-state index contributed by atoms with van der Waals surface area (Å²) in [5.74, 6) is -1.73. The minimum absolute atomic E-state index is 0.0231. The molecule has 1 spiro atoms. The second-order valence-electron chi connectivity index (χ2n) is 8.08. The molecule has 0 aliphatic carbocycles. The lowest BCUT2D eigenvalue weighted by Gasteiger charge is -2.35. The van der Waals surface area contributed by atoms with Gasteiger partial charge >= 0.3 is 5.97 Å². The summed E-state index contributed by atoms with van der Waals surface area (Å²) >= 11 is 1.62. The molecule has 0 aromatic rings. The van der Waals surface area contributed by atoms with Crippen LogP contribution in [0.2, 0.25) is 0 Å².